The van der Waals surface area contributed by atoms with Gasteiger partial charge in [-0.25, -0.2) is 0 Å². The molecule has 0 bridgehead atoms. The van der Waals surface area contributed by atoms with Gasteiger partial charge in [-0.05, 0) is 42.9 Å². The molecule has 2 aliphatic heterocycles. The van der Waals surface area contributed by atoms with Gasteiger partial charge in [0.1, 0.15) is 0 Å². The van der Waals surface area contributed by atoms with Gasteiger partial charge in [-0.3, -0.25) is 14.7 Å². The van der Waals surface area contributed by atoms with E-state index in [1.165, 1.54) is 16.7 Å². The monoisotopic (exact) mass is 447 g/mol. The largest absolute Gasteiger partial charge is 0.354 e. The molecule has 0 radical (unpaired) electrons. The van der Waals surface area contributed by atoms with Gasteiger partial charge in [0, 0.05) is 58.3 Å². The number of benzene rings is 2. The third-order valence-corrected chi connectivity index (χ3v) is 6.90. The SMILES string of the molecule is CN=C(NCc1ccccc1CN1CCCC1=O)NC1CCN(Cc2ccccc2)C(C)C1. The maximum Gasteiger partial charge on any atom is 0.222 e. The Balaban J connectivity index is 1.28. The van der Waals surface area contributed by atoms with E-state index in [1.807, 2.05) is 11.9 Å². The normalized spacial score (nSPS) is 21.9. The summed E-state index contributed by atoms with van der Waals surface area (Å²) >= 11 is 0. The molecule has 2 fully saturated rings. The van der Waals surface area contributed by atoms with Crippen LogP contribution in [0.15, 0.2) is 59.6 Å². The molecule has 2 aromatic rings. The summed E-state index contributed by atoms with van der Waals surface area (Å²) < 4.78 is 0. The summed E-state index contributed by atoms with van der Waals surface area (Å²) in [5.41, 5.74) is 3.80. The Morgan fingerprint density at radius 2 is 1.79 bits per heavy atom. The van der Waals surface area contributed by atoms with Crippen molar-refractivity contribution in [3.8, 4) is 0 Å². The first-order valence-electron chi connectivity index (χ1n) is 12.2. The van der Waals surface area contributed by atoms with E-state index in [1.54, 1.807) is 0 Å². The molecule has 33 heavy (non-hydrogen) atoms. The predicted octanol–water partition coefficient (Wildman–Crippen LogP) is 3.53. The average Bonchev–Trinajstić information content (AvgIpc) is 3.24. The minimum absolute atomic E-state index is 0.267. The first-order valence-corrected chi connectivity index (χ1v) is 12.2. The van der Waals surface area contributed by atoms with Crippen LogP contribution in [-0.4, -0.2) is 53.9 Å². The van der Waals surface area contributed by atoms with E-state index in [2.05, 4.69) is 82.0 Å². The summed E-state index contributed by atoms with van der Waals surface area (Å²) in [7, 11) is 1.83. The highest BCUT2D eigenvalue weighted by Crippen LogP contribution is 2.20. The van der Waals surface area contributed by atoms with E-state index < -0.39 is 0 Å². The van der Waals surface area contributed by atoms with E-state index in [0.29, 0.717) is 31.6 Å². The molecular formula is C27H37N5O. The number of hydrogen-bond donors (Lipinski definition) is 2. The maximum atomic E-state index is 12.1. The Morgan fingerprint density at radius 3 is 2.48 bits per heavy atom. The van der Waals surface area contributed by atoms with Gasteiger partial charge in [0.2, 0.25) is 5.91 Å². The fourth-order valence-electron chi connectivity index (χ4n) is 4.93. The number of rotatable bonds is 7. The molecule has 0 aromatic heterocycles. The third kappa shape index (κ3) is 6.35. The molecule has 0 spiro atoms. The molecule has 2 heterocycles. The third-order valence-electron chi connectivity index (χ3n) is 6.90. The van der Waals surface area contributed by atoms with E-state index in [0.717, 1.165) is 44.9 Å². The molecular weight excluding hydrogens is 410 g/mol. The highest BCUT2D eigenvalue weighted by atomic mass is 16.2. The average molecular weight is 448 g/mol. The molecule has 2 saturated heterocycles. The zero-order chi connectivity index (χ0) is 23.0. The minimum Gasteiger partial charge on any atom is -0.354 e. The van der Waals surface area contributed by atoms with Crippen molar-refractivity contribution in [2.24, 2.45) is 4.99 Å². The van der Waals surface area contributed by atoms with Gasteiger partial charge < -0.3 is 15.5 Å². The fourth-order valence-corrected chi connectivity index (χ4v) is 4.93. The number of guanidine groups is 1. The van der Waals surface area contributed by atoms with Gasteiger partial charge in [0.05, 0.1) is 0 Å². The van der Waals surface area contributed by atoms with E-state index in [-0.39, 0.29) is 5.91 Å². The molecule has 2 atom stereocenters. The summed E-state index contributed by atoms with van der Waals surface area (Å²) in [5.74, 6) is 1.11. The second-order valence-electron chi connectivity index (χ2n) is 9.28. The van der Waals surface area contributed by atoms with Crippen molar-refractivity contribution < 1.29 is 4.79 Å². The number of nitrogens with zero attached hydrogens (tertiary/aromatic N) is 3. The second-order valence-corrected chi connectivity index (χ2v) is 9.28. The Bertz CT molecular complexity index is 945. The summed E-state index contributed by atoms with van der Waals surface area (Å²) in [6, 6.07) is 20.0. The molecule has 176 valence electrons. The Kier molecular flexibility index (Phi) is 8.00. The highest BCUT2D eigenvalue weighted by molar-refractivity contribution is 5.80. The van der Waals surface area contributed by atoms with Gasteiger partial charge in [0.15, 0.2) is 5.96 Å². The molecule has 4 rings (SSSR count). The zero-order valence-electron chi connectivity index (χ0n) is 20.0. The number of piperidine rings is 1. The van der Waals surface area contributed by atoms with E-state index in [4.69, 9.17) is 0 Å². The topological polar surface area (TPSA) is 60.0 Å². The maximum absolute atomic E-state index is 12.1. The first-order chi connectivity index (χ1) is 16.1. The van der Waals surface area contributed by atoms with Gasteiger partial charge in [-0.15, -0.1) is 0 Å². The van der Waals surface area contributed by atoms with Gasteiger partial charge in [0.25, 0.3) is 0 Å². The second kappa shape index (κ2) is 11.3. The predicted molar refractivity (Wildman–Crippen MR) is 134 cm³/mol. The molecule has 2 N–H and O–H groups in total. The molecule has 0 aliphatic carbocycles. The number of nitrogens with one attached hydrogen (secondary N) is 2. The number of hydrogen-bond acceptors (Lipinski definition) is 3. The molecule has 2 unspecified atom stereocenters. The van der Waals surface area contributed by atoms with Crippen molar-refractivity contribution in [2.45, 2.75) is 64.3 Å². The van der Waals surface area contributed by atoms with E-state index >= 15 is 0 Å². The van der Waals surface area contributed by atoms with Crippen LogP contribution in [0.5, 0.6) is 0 Å². The standard InChI is InChI=1S/C27H37N5O/c1-21-17-25(14-16-31(21)19-22-9-4-3-5-10-22)30-27(28-2)29-18-23-11-6-7-12-24(23)20-32-15-8-13-26(32)33/h3-7,9-12,21,25H,8,13-20H2,1-2H3,(H2,28,29,30). The summed E-state index contributed by atoms with van der Waals surface area (Å²) in [6.45, 7) is 6.67. The number of aliphatic imine (C=N–C) groups is 1. The van der Waals surface area contributed by atoms with Gasteiger partial charge in [-0.2, -0.15) is 0 Å². The van der Waals surface area contributed by atoms with Gasteiger partial charge >= 0.3 is 0 Å². The van der Waals surface area contributed by atoms with Crippen LogP contribution in [0.1, 0.15) is 49.3 Å². The van der Waals surface area contributed by atoms with Crippen molar-refractivity contribution in [2.75, 3.05) is 20.1 Å². The fraction of sp³-hybridized carbons (Fsp3) is 0.481. The number of amides is 1. The van der Waals surface area contributed by atoms with Crippen LogP contribution in [0.25, 0.3) is 0 Å². The molecule has 0 saturated carbocycles. The molecule has 2 aromatic carbocycles. The smallest absolute Gasteiger partial charge is 0.222 e. The first kappa shape index (κ1) is 23.3. The highest BCUT2D eigenvalue weighted by Gasteiger charge is 2.26. The molecule has 2 aliphatic rings. The van der Waals surface area contributed by atoms with E-state index in [9.17, 15) is 4.79 Å². The quantitative estimate of drug-likeness (QED) is 0.504. The van der Waals surface area contributed by atoms with Crippen LogP contribution >= 0.6 is 0 Å². The molecule has 6 nitrogen and oxygen atoms in total. The van der Waals surface area contributed by atoms with Crippen molar-refractivity contribution in [1.29, 1.82) is 0 Å². The van der Waals surface area contributed by atoms with Crippen LogP contribution in [0.2, 0.25) is 0 Å². The van der Waals surface area contributed by atoms with Crippen LogP contribution in [-0.2, 0) is 24.4 Å². The summed E-state index contributed by atoms with van der Waals surface area (Å²) in [5, 5.41) is 7.14. The molecule has 6 heteroatoms. The lowest BCUT2D eigenvalue weighted by Crippen LogP contribution is -2.51. The number of carbonyl (C=O) groups excluding carboxylic acids is 1. The summed E-state index contributed by atoms with van der Waals surface area (Å²) in [4.78, 5) is 21.1. The molecule has 1 amide bonds. The van der Waals surface area contributed by atoms with Crippen molar-refractivity contribution in [3.05, 3.63) is 71.3 Å². The van der Waals surface area contributed by atoms with Crippen LogP contribution in [0, 0.1) is 0 Å². The zero-order valence-corrected chi connectivity index (χ0v) is 20.0. The van der Waals surface area contributed by atoms with Crippen molar-refractivity contribution in [1.82, 2.24) is 20.4 Å². The van der Waals surface area contributed by atoms with Crippen LogP contribution in [0.4, 0.5) is 0 Å². The lowest BCUT2D eigenvalue weighted by atomic mass is 9.97. The lowest BCUT2D eigenvalue weighted by Gasteiger charge is -2.38. The number of likely N-dealkylation sites (tertiary alicyclic amines) is 2. The number of carbonyl (C=O) groups is 1. The Labute approximate surface area is 198 Å². The van der Waals surface area contributed by atoms with Crippen molar-refractivity contribution >= 4 is 11.9 Å². The minimum atomic E-state index is 0.267. The van der Waals surface area contributed by atoms with Crippen LogP contribution < -0.4 is 10.6 Å². The summed E-state index contributed by atoms with van der Waals surface area (Å²) in [6.07, 6.45) is 3.85. The Morgan fingerprint density at radius 1 is 1.03 bits per heavy atom. The van der Waals surface area contributed by atoms with Crippen LogP contribution in [0.3, 0.4) is 0 Å². The van der Waals surface area contributed by atoms with Gasteiger partial charge in [-0.1, -0.05) is 54.6 Å². The lowest BCUT2D eigenvalue weighted by molar-refractivity contribution is -0.128. The van der Waals surface area contributed by atoms with Crippen molar-refractivity contribution in [3.63, 3.8) is 0 Å². The Hall–Kier alpha value is -2.86.